The largest absolute Gasteiger partial charge is 0.486 e. The molecule has 0 unspecified atom stereocenters. The van der Waals surface area contributed by atoms with Gasteiger partial charge in [0.25, 0.3) is 0 Å². The van der Waals surface area contributed by atoms with E-state index in [2.05, 4.69) is 29.3 Å². The Balaban J connectivity index is 1.48. The fraction of sp³-hybridized carbons (Fsp3) is 0.333. The fourth-order valence-corrected chi connectivity index (χ4v) is 3.10. The second-order valence-corrected chi connectivity index (χ2v) is 6.90. The first-order valence-corrected chi connectivity index (χ1v) is 9.21. The molecule has 0 fully saturated rings. The number of nitrogens with one attached hydrogen (secondary N) is 1. The smallest absolute Gasteiger partial charge is 0.244 e. The minimum absolute atomic E-state index is 0.0387. The highest BCUT2D eigenvalue weighted by atomic mass is 16.6. The number of fused-ring (bicyclic) bond motifs is 1. The summed E-state index contributed by atoms with van der Waals surface area (Å²) in [6.07, 6.45) is 0. The van der Waals surface area contributed by atoms with Gasteiger partial charge in [-0.2, -0.15) is 4.98 Å². The first-order chi connectivity index (χ1) is 13.2. The van der Waals surface area contributed by atoms with E-state index < -0.39 is 0 Å². The second kappa shape index (κ2) is 7.80. The first-order valence-electron chi connectivity index (χ1n) is 9.21. The fourth-order valence-electron chi connectivity index (χ4n) is 3.10. The molecule has 3 aromatic rings. The summed E-state index contributed by atoms with van der Waals surface area (Å²) in [6, 6.07) is 15.8. The minimum atomic E-state index is -0.0387. The molecule has 27 heavy (non-hydrogen) atoms. The van der Waals surface area contributed by atoms with E-state index in [1.54, 1.807) is 0 Å². The standard InChI is InChI=1S/C21H23N3O3/c1-14(2)19(21-23-20(24-27-21)16-6-4-3-5-7-16)22-13-15-8-9-17-18(12-15)26-11-10-25-17/h3-9,12,14,19,22H,10-11,13H2,1-2H3/t19-/m1/s1. The second-order valence-electron chi connectivity index (χ2n) is 6.90. The van der Waals surface area contributed by atoms with E-state index in [0.29, 0.717) is 37.4 Å². The molecular weight excluding hydrogens is 342 g/mol. The van der Waals surface area contributed by atoms with Gasteiger partial charge in [0.15, 0.2) is 11.5 Å². The molecule has 2 heterocycles. The van der Waals surface area contributed by atoms with E-state index in [1.165, 1.54) is 0 Å². The highest BCUT2D eigenvalue weighted by Crippen LogP contribution is 2.31. The topological polar surface area (TPSA) is 69.4 Å². The monoisotopic (exact) mass is 365 g/mol. The molecule has 1 aliphatic rings. The zero-order valence-corrected chi connectivity index (χ0v) is 15.5. The van der Waals surface area contributed by atoms with Crippen molar-refractivity contribution >= 4 is 0 Å². The number of hydrogen-bond acceptors (Lipinski definition) is 6. The van der Waals surface area contributed by atoms with Crippen LogP contribution in [0.4, 0.5) is 0 Å². The van der Waals surface area contributed by atoms with Crippen molar-refractivity contribution in [3.05, 3.63) is 60.0 Å². The van der Waals surface area contributed by atoms with Gasteiger partial charge in [-0.15, -0.1) is 0 Å². The van der Waals surface area contributed by atoms with Gasteiger partial charge in [0.05, 0.1) is 6.04 Å². The van der Waals surface area contributed by atoms with E-state index in [4.69, 9.17) is 14.0 Å². The van der Waals surface area contributed by atoms with E-state index >= 15 is 0 Å². The molecule has 0 saturated carbocycles. The zero-order valence-electron chi connectivity index (χ0n) is 15.5. The molecule has 0 saturated heterocycles. The molecule has 1 aliphatic heterocycles. The summed E-state index contributed by atoms with van der Waals surface area (Å²) in [5.41, 5.74) is 2.06. The van der Waals surface area contributed by atoms with Gasteiger partial charge in [0.1, 0.15) is 13.2 Å². The number of ether oxygens (including phenoxy) is 2. The van der Waals surface area contributed by atoms with Crippen molar-refractivity contribution in [2.24, 2.45) is 5.92 Å². The van der Waals surface area contributed by atoms with Gasteiger partial charge in [0.2, 0.25) is 11.7 Å². The summed E-state index contributed by atoms with van der Waals surface area (Å²) in [4.78, 5) is 4.60. The molecule has 1 N–H and O–H groups in total. The quantitative estimate of drug-likeness (QED) is 0.712. The van der Waals surface area contributed by atoms with Crippen molar-refractivity contribution in [1.29, 1.82) is 0 Å². The average molecular weight is 365 g/mol. The molecule has 1 aromatic heterocycles. The Morgan fingerprint density at radius 2 is 1.78 bits per heavy atom. The van der Waals surface area contributed by atoms with Crippen molar-refractivity contribution < 1.29 is 14.0 Å². The summed E-state index contributed by atoms with van der Waals surface area (Å²) in [5, 5.41) is 7.67. The molecule has 0 radical (unpaired) electrons. The summed E-state index contributed by atoms with van der Waals surface area (Å²) < 4.78 is 16.8. The zero-order chi connectivity index (χ0) is 18.6. The van der Waals surface area contributed by atoms with Gasteiger partial charge >= 0.3 is 0 Å². The van der Waals surface area contributed by atoms with Crippen LogP contribution in [-0.4, -0.2) is 23.4 Å². The SMILES string of the molecule is CC(C)[C@@H](NCc1ccc2c(c1)OCCO2)c1nc(-c2ccccc2)no1. The summed E-state index contributed by atoms with van der Waals surface area (Å²) in [5.74, 6) is 3.10. The molecular formula is C21H23N3O3. The van der Waals surface area contributed by atoms with Gasteiger partial charge in [0, 0.05) is 12.1 Å². The Hall–Kier alpha value is -2.86. The first kappa shape index (κ1) is 17.5. The van der Waals surface area contributed by atoms with Gasteiger partial charge in [-0.05, 0) is 23.6 Å². The van der Waals surface area contributed by atoms with Crippen LogP contribution in [0.3, 0.4) is 0 Å². The Morgan fingerprint density at radius 3 is 2.56 bits per heavy atom. The van der Waals surface area contributed by atoms with Gasteiger partial charge in [-0.1, -0.05) is 55.4 Å². The van der Waals surface area contributed by atoms with Crippen LogP contribution in [0.15, 0.2) is 53.1 Å². The van der Waals surface area contributed by atoms with E-state index in [0.717, 1.165) is 22.6 Å². The third-order valence-corrected chi connectivity index (χ3v) is 4.54. The molecule has 0 spiro atoms. The highest BCUT2D eigenvalue weighted by Gasteiger charge is 2.23. The number of benzene rings is 2. The van der Waals surface area contributed by atoms with Crippen LogP contribution in [0.5, 0.6) is 11.5 Å². The minimum Gasteiger partial charge on any atom is -0.486 e. The number of hydrogen-bond donors (Lipinski definition) is 1. The van der Waals surface area contributed by atoms with E-state index in [9.17, 15) is 0 Å². The summed E-state index contributed by atoms with van der Waals surface area (Å²) in [6.45, 7) is 6.12. The average Bonchev–Trinajstić information content (AvgIpc) is 3.18. The third kappa shape index (κ3) is 3.95. The van der Waals surface area contributed by atoms with Crippen molar-refractivity contribution in [3.8, 4) is 22.9 Å². The van der Waals surface area contributed by atoms with Crippen LogP contribution in [0.25, 0.3) is 11.4 Å². The molecule has 0 aliphatic carbocycles. The lowest BCUT2D eigenvalue weighted by molar-refractivity contribution is 0.171. The predicted molar refractivity (Wildman–Crippen MR) is 102 cm³/mol. The Labute approximate surface area is 158 Å². The summed E-state index contributed by atoms with van der Waals surface area (Å²) >= 11 is 0. The van der Waals surface area contributed by atoms with Crippen LogP contribution < -0.4 is 14.8 Å². The maximum Gasteiger partial charge on any atom is 0.244 e. The number of nitrogens with zero attached hydrogens (tertiary/aromatic N) is 2. The molecule has 140 valence electrons. The van der Waals surface area contributed by atoms with Gasteiger partial charge in [-0.25, -0.2) is 0 Å². The predicted octanol–water partition coefficient (Wildman–Crippen LogP) is 3.99. The van der Waals surface area contributed by atoms with Gasteiger partial charge in [-0.3, -0.25) is 0 Å². The Kier molecular flexibility index (Phi) is 5.07. The molecule has 0 bridgehead atoms. The van der Waals surface area contributed by atoms with Crippen molar-refractivity contribution in [1.82, 2.24) is 15.5 Å². The molecule has 6 heteroatoms. The van der Waals surface area contributed by atoms with E-state index in [1.807, 2.05) is 48.5 Å². The number of aromatic nitrogens is 2. The molecule has 0 amide bonds. The Bertz CT molecular complexity index is 893. The maximum atomic E-state index is 5.66. The van der Waals surface area contributed by atoms with Crippen LogP contribution >= 0.6 is 0 Å². The van der Waals surface area contributed by atoms with Gasteiger partial charge < -0.3 is 19.3 Å². The molecule has 1 atom stereocenters. The lowest BCUT2D eigenvalue weighted by atomic mass is 10.0. The highest BCUT2D eigenvalue weighted by molar-refractivity contribution is 5.53. The lowest BCUT2D eigenvalue weighted by Crippen LogP contribution is -2.26. The molecule has 2 aromatic carbocycles. The summed E-state index contributed by atoms with van der Waals surface area (Å²) in [7, 11) is 0. The normalized spacial score (nSPS) is 14.3. The van der Waals surface area contributed by atoms with Crippen molar-refractivity contribution in [2.75, 3.05) is 13.2 Å². The van der Waals surface area contributed by atoms with Crippen LogP contribution in [0.1, 0.15) is 31.3 Å². The lowest BCUT2D eigenvalue weighted by Gasteiger charge is -2.21. The Morgan fingerprint density at radius 1 is 1.00 bits per heavy atom. The van der Waals surface area contributed by atoms with Crippen LogP contribution in [-0.2, 0) is 6.54 Å². The van der Waals surface area contributed by atoms with E-state index in [-0.39, 0.29) is 6.04 Å². The number of rotatable bonds is 6. The molecule has 4 rings (SSSR count). The third-order valence-electron chi connectivity index (χ3n) is 4.54. The molecule has 6 nitrogen and oxygen atoms in total. The van der Waals surface area contributed by atoms with Crippen molar-refractivity contribution in [3.63, 3.8) is 0 Å². The van der Waals surface area contributed by atoms with Crippen LogP contribution in [0, 0.1) is 5.92 Å². The van der Waals surface area contributed by atoms with Crippen LogP contribution in [0.2, 0.25) is 0 Å². The van der Waals surface area contributed by atoms with Crippen molar-refractivity contribution in [2.45, 2.75) is 26.4 Å². The maximum absolute atomic E-state index is 5.66.